The smallest absolute Gasteiger partial charge is 0.280 e. The molecule has 0 saturated carbocycles. The lowest BCUT2D eigenvalue weighted by molar-refractivity contribution is -0.385. The Bertz CT molecular complexity index is 964. The first-order valence-electron chi connectivity index (χ1n) is 7.30. The molecule has 2 N–H and O–H groups in total. The number of nitrogens with two attached hydrogens (primary N) is 1. The van der Waals surface area contributed by atoms with Gasteiger partial charge in [-0.1, -0.05) is 13.2 Å². The van der Waals surface area contributed by atoms with E-state index in [1.165, 1.54) is 30.3 Å². The number of nitro benzene ring substituents is 1. The number of nitrogens with zero attached hydrogens (tertiary/aromatic N) is 3. The second-order valence-corrected chi connectivity index (χ2v) is 5.07. The molecule has 130 valence electrons. The molecule has 0 heterocycles. The number of anilines is 1. The fourth-order valence-corrected chi connectivity index (χ4v) is 2.10. The zero-order valence-electron chi connectivity index (χ0n) is 13.6. The number of nitrogen functional groups attached to an aromatic ring is 1. The molecule has 0 radical (unpaired) electrons. The second-order valence-electron chi connectivity index (χ2n) is 5.07. The van der Waals surface area contributed by atoms with Crippen molar-refractivity contribution in [3.05, 3.63) is 82.9 Å². The van der Waals surface area contributed by atoms with Crippen molar-refractivity contribution >= 4 is 34.3 Å². The van der Waals surface area contributed by atoms with Crippen LogP contribution in [0.5, 0.6) is 0 Å². The lowest BCUT2D eigenvalue weighted by Gasteiger charge is -2.03. The Morgan fingerprint density at radius 3 is 2.00 bits per heavy atom. The van der Waals surface area contributed by atoms with Crippen LogP contribution in [0.15, 0.2) is 71.9 Å². The summed E-state index contributed by atoms with van der Waals surface area (Å²) in [6, 6.07) is 8.28. The number of carbonyl (C=O) groups excluding carboxylic acids is 2. The Labute approximate surface area is 148 Å². The molecule has 8 heteroatoms. The van der Waals surface area contributed by atoms with Crippen molar-refractivity contribution in [1.29, 1.82) is 0 Å². The SMILES string of the molecule is C=CC(=O)c1cc(N=Nc2ccc([N+](=O)[O-])c(C(=O)C=C)c2)ccc1N. The first kappa shape index (κ1) is 18.4. The van der Waals surface area contributed by atoms with Gasteiger partial charge in [-0.15, -0.1) is 0 Å². The molecule has 8 nitrogen and oxygen atoms in total. The van der Waals surface area contributed by atoms with Gasteiger partial charge in [-0.2, -0.15) is 10.2 Å². The van der Waals surface area contributed by atoms with Gasteiger partial charge >= 0.3 is 0 Å². The first-order valence-corrected chi connectivity index (χ1v) is 7.30. The minimum absolute atomic E-state index is 0.138. The van der Waals surface area contributed by atoms with E-state index < -0.39 is 10.7 Å². The number of rotatable bonds is 7. The van der Waals surface area contributed by atoms with Crippen molar-refractivity contribution in [1.82, 2.24) is 0 Å². The highest BCUT2D eigenvalue weighted by Gasteiger charge is 2.18. The van der Waals surface area contributed by atoms with Crippen LogP contribution in [0.4, 0.5) is 22.7 Å². The number of nitro groups is 1. The van der Waals surface area contributed by atoms with Crippen LogP contribution < -0.4 is 5.73 Å². The van der Waals surface area contributed by atoms with Crippen molar-refractivity contribution < 1.29 is 14.5 Å². The minimum Gasteiger partial charge on any atom is -0.398 e. The lowest BCUT2D eigenvalue weighted by atomic mass is 10.1. The fraction of sp³-hybridized carbons (Fsp3) is 0. The number of carbonyl (C=O) groups is 2. The fourth-order valence-electron chi connectivity index (χ4n) is 2.10. The summed E-state index contributed by atoms with van der Waals surface area (Å²) in [6.45, 7) is 6.73. The molecule has 0 aromatic heterocycles. The third-order valence-electron chi connectivity index (χ3n) is 3.40. The highest BCUT2D eigenvalue weighted by molar-refractivity contribution is 6.08. The Hall–Kier alpha value is -3.94. The van der Waals surface area contributed by atoms with Crippen molar-refractivity contribution in [2.24, 2.45) is 10.2 Å². The maximum Gasteiger partial charge on any atom is 0.280 e. The van der Waals surface area contributed by atoms with Crippen LogP contribution in [0.25, 0.3) is 0 Å². The molecular formula is C18H14N4O4. The van der Waals surface area contributed by atoms with Gasteiger partial charge in [0, 0.05) is 17.3 Å². The summed E-state index contributed by atoms with van der Waals surface area (Å²) in [5, 5.41) is 18.9. The molecule has 0 aliphatic heterocycles. The summed E-state index contributed by atoms with van der Waals surface area (Å²) in [4.78, 5) is 33.9. The van der Waals surface area contributed by atoms with Gasteiger partial charge in [-0.05, 0) is 42.5 Å². The van der Waals surface area contributed by atoms with Crippen molar-refractivity contribution in [3.8, 4) is 0 Å². The summed E-state index contributed by atoms with van der Waals surface area (Å²) < 4.78 is 0. The molecule has 2 aromatic rings. The summed E-state index contributed by atoms with van der Waals surface area (Å²) in [7, 11) is 0. The normalized spacial score (nSPS) is 10.5. The average Bonchev–Trinajstić information content (AvgIpc) is 2.65. The second kappa shape index (κ2) is 7.75. The summed E-state index contributed by atoms with van der Waals surface area (Å²) >= 11 is 0. The highest BCUT2D eigenvalue weighted by atomic mass is 16.6. The predicted octanol–water partition coefficient (Wildman–Crippen LogP) is 4.33. The van der Waals surface area contributed by atoms with E-state index in [1.807, 2.05) is 0 Å². The molecule has 2 rings (SSSR count). The third kappa shape index (κ3) is 3.93. The zero-order valence-corrected chi connectivity index (χ0v) is 13.6. The van der Waals surface area contributed by atoms with Crippen LogP contribution >= 0.6 is 0 Å². The number of ketones is 2. The van der Waals surface area contributed by atoms with Crippen LogP contribution in [-0.2, 0) is 0 Å². The quantitative estimate of drug-likeness (QED) is 0.198. The minimum atomic E-state index is -0.662. The Morgan fingerprint density at radius 1 is 0.962 bits per heavy atom. The molecule has 26 heavy (non-hydrogen) atoms. The standard InChI is InChI=1S/C18H14N4O4/c1-3-17(23)13-9-11(5-7-15(13)19)20-21-12-6-8-16(22(25)26)14(10-12)18(24)4-2/h3-10H,1-2,19H2. The van der Waals surface area contributed by atoms with Gasteiger partial charge in [0.2, 0.25) is 0 Å². The number of azo groups is 1. The van der Waals surface area contributed by atoms with Crippen molar-refractivity contribution in [3.63, 3.8) is 0 Å². The molecule has 0 bridgehead atoms. The maximum absolute atomic E-state index is 11.8. The lowest BCUT2D eigenvalue weighted by Crippen LogP contribution is -2.00. The Morgan fingerprint density at radius 2 is 1.46 bits per heavy atom. The van der Waals surface area contributed by atoms with Gasteiger partial charge in [0.15, 0.2) is 11.6 Å². The van der Waals surface area contributed by atoms with Gasteiger partial charge in [0.05, 0.1) is 16.3 Å². The topological polar surface area (TPSA) is 128 Å². The molecule has 0 aliphatic carbocycles. The zero-order chi connectivity index (χ0) is 19.3. The van der Waals surface area contributed by atoms with Gasteiger partial charge in [-0.25, -0.2) is 0 Å². The number of allylic oxidation sites excluding steroid dienone is 2. The van der Waals surface area contributed by atoms with Gasteiger partial charge < -0.3 is 5.73 Å². The maximum atomic E-state index is 11.8. The molecule has 0 atom stereocenters. The molecule has 2 aromatic carbocycles. The average molecular weight is 350 g/mol. The molecule has 0 aliphatic rings. The summed E-state index contributed by atoms with van der Waals surface area (Å²) in [5.74, 6) is -0.950. The van der Waals surface area contributed by atoms with Crippen LogP contribution in [0.2, 0.25) is 0 Å². The number of hydrogen-bond donors (Lipinski definition) is 1. The van der Waals surface area contributed by atoms with Gasteiger partial charge in [-0.3, -0.25) is 19.7 Å². The first-order chi connectivity index (χ1) is 12.4. The predicted molar refractivity (Wildman–Crippen MR) is 97.2 cm³/mol. The van der Waals surface area contributed by atoms with E-state index in [0.29, 0.717) is 5.69 Å². The number of benzene rings is 2. The van der Waals surface area contributed by atoms with E-state index in [-0.39, 0.29) is 34.0 Å². The van der Waals surface area contributed by atoms with Gasteiger partial charge in [0.1, 0.15) is 5.56 Å². The summed E-state index contributed by atoms with van der Waals surface area (Å²) in [5.41, 5.74) is 6.35. The number of hydrogen-bond acceptors (Lipinski definition) is 7. The Kier molecular flexibility index (Phi) is 5.49. The van der Waals surface area contributed by atoms with Crippen LogP contribution in [0.3, 0.4) is 0 Å². The largest absolute Gasteiger partial charge is 0.398 e. The van der Waals surface area contributed by atoms with Crippen LogP contribution in [-0.4, -0.2) is 16.5 Å². The molecule has 0 unspecified atom stereocenters. The van der Waals surface area contributed by atoms with E-state index >= 15 is 0 Å². The monoisotopic (exact) mass is 350 g/mol. The molecule has 0 saturated heterocycles. The van der Waals surface area contributed by atoms with Crippen molar-refractivity contribution in [2.75, 3.05) is 5.73 Å². The highest BCUT2D eigenvalue weighted by Crippen LogP contribution is 2.27. The van der Waals surface area contributed by atoms with E-state index in [4.69, 9.17) is 5.73 Å². The molecule has 0 fully saturated rings. The van der Waals surface area contributed by atoms with Crippen molar-refractivity contribution in [2.45, 2.75) is 0 Å². The van der Waals surface area contributed by atoms with Gasteiger partial charge in [0.25, 0.3) is 5.69 Å². The molecule has 0 spiro atoms. The summed E-state index contributed by atoms with van der Waals surface area (Å²) in [6.07, 6.45) is 2.12. The Balaban J connectivity index is 2.41. The van der Waals surface area contributed by atoms with E-state index in [9.17, 15) is 19.7 Å². The van der Waals surface area contributed by atoms with E-state index in [2.05, 4.69) is 23.4 Å². The third-order valence-corrected chi connectivity index (χ3v) is 3.40. The van der Waals surface area contributed by atoms with E-state index in [0.717, 1.165) is 12.2 Å². The van der Waals surface area contributed by atoms with Crippen LogP contribution in [0, 0.1) is 10.1 Å². The van der Waals surface area contributed by atoms with E-state index in [1.54, 1.807) is 6.07 Å². The molecular weight excluding hydrogens is 336 g/mol. The molecule has 0 amide bonds. The van der Waals surface area contributed by atoms with Crippen LogP contribution in [0.1, 0.15) is 20.7 Å².